The number of aryl methyl sites for hydroxylation is 1. The lowest BCUT2D eigenvalue weighted by Gasteiger charge is -2.09. The minimum Gasteiger partial charge on any atom is -0.206 e. The number of benzene rings is 4. The van der Waals surface area contributed by atoms with Crippen molar-refractivity contribution in [2.75, 3.05) is 0 Å². The zero-order valence-corrected chi connectivity index (χ0v) is 13.9. The van der Waals surface area contributed by atoms with Crippen LogP contribution in [0.3, 0.4) is 0 Å². The van der Waals surface area contributed by atoms with Gasteiger partial charge in [0.1, 0.15) is 11.9 Å². The Hall–Kier alpha value is -3.18. The highest BCUT2D eigenvalue weighted by Gasteiger charge is 2.07. The minimum absolute atomic E-state index is 0.0715. The molecule has 0 atom stereocenters. The molecule has 0 bridgehead atoms. The van der Waals surface area contributed by atoms with E-state index in [1.165, 1.54) is 33.9 Å². The molecule has 0 saturated heterocycles. The summed E-state index contributed by atoms with van der Waals surface area (Å²) >= 11 is 0. The van der Waals surface area contributed by atoms with Gasteiger partial charge in [0.2, 0.25) is 0 Å². The highest BCUT2D eigenvalue weighted by Crippen LogP contribution is 2.31. The predicted molar refractivity (Wildman–Crippen MR) is 101 cm³/mol. The van der Waals surface area contributed by atoms with Gasteiger partial charge in [0.15, 0.2) is 0 Å². The van der Waals surface area contributed by atoms with Crippen LogP contribution < -0.4 is 0 Å². The standard InChI is InChI=1S/C23H16FN/c1-2-15-3-9-21-18(11-15)5-6-19-12-16(8-10-22(19)21)17-4-7-20(14-25)23(24)13-17/h3-13H,2H2,1H3. The van der Waals surface area contributed by atoms with Gasteiger partial charge in [-0.2, -0.15) is 5.26 Å². The van der Waals surface area contributed by atoms with Crippen molar-refractivity contribution in [2.24, 2.45) is 0 Å². The molecule has 0 saturated carbocycles. The zero-order valence-electron chi connectivity index (χ0n) is 13.9. The Morgan fingerprint density at radius 2 is 1.44 bits per heavy atom. The SMILES string of the molecule is CCc1ccc2c(ccc3cc(-c4ccc(C#N)c(F)c4)ccc32)c1. The molecule has 0 N–H and O–H groups in total. The van der Waals surface area contributed by atoms with E-state index >= 15 is 0 Å². The van der Waals surface area contributed by atoms with Crippen molar-refractivity contribution in [1.29, 1.82) is 5.26 Å². The molecular formula is C23H16FN. The van der Waals surface area contributed by atoms with Gasteiger partial charge in [0.25, 0.3) is 0 Å². The average Bonchev–Trinajstić information content (AvgIpc) is 2.66. The van der Waals surface area contributed by atoms with Gasteiger partial charge < -0.3 is 0 Å². The van der Waals surface area contributed by atoms with Crippen molar-refractivity contribution < 1.29 is 4.39 Å². The van der Waals surface area contributed by atoms with Gasteiger partial charge in [-0.05, 0) is 62.9 Å². The van der Waals surface area contributed by atoms with Crippen molar-refractivity contribution in [1.82, 2.24) is 0 Å². The molecule has 0 aromatic heterocycles. The molecule has 4 rings (SSSR count). The van der Waals surface area contributed by atoms with E-state index in [1.54, 1.807) is 6.07 Å². The molecule has 25 heavy (non-hydrogen) atoms. The first-order valence-corrected chi connectivity index (χ1v) is 8.35. The molecule has 0 spiro atoms. The fourth-order valence-corrected chi connectivity index (χ4v) is 3.31. The van der Waals surface area contributed by atoms with Gasteiger partial charge >= 0.3 is 0 Å². The number of hydrogen-bond donors (Lipinski definition) is 0. The largest absolute Gasteiger partial charge is 0.206 e. The molecule has 0 aliphatic carbocycles. The summed E-state index contributed by atoms with van der Waals surface area (Å²) in [7, 11) is 0. The summed E-state index contributed by atoms with van der Waals surface area (Å²) in [6, 6.07) is 23.6. The molecule has 120 valence electrons. The highest BCUT2D eigenvalue weighted by atomic mass is 19.1. The topological polar surface area (TPSA) is 23.8 Å². The zero-order chi connectivity index (χ0) is 17.4. The molecule has 0 unspecified atom stereocenters. The Morgan fingerprint density at radius 1 is 0.800 bits per heavy atom. The van der Waals surface area contributed by atoms with E-state index in [1.807, 2.05) is 12.1 Å². The number of hydrogen-bond acceptors (Lipinski definition) is 1. The summed E-state index contributed by atoms with van der Waals surface area (Å²) in [6.07, 6.45) is 1.02. The summed E-state index contributed by atoms with van der Waals surface area (Å²) in [5, 5.41) is 13.7. The molecule has 0 aliphatic rings. The molecule has 0 fully saturated rings. The molecule has 1 nitrogen and oxygen atoms in total. The van der Waals surface area contributed by atoms with Crippen molar-refractivity contribution >= 4 is 21.5 Å². The van der Waals surface area contributed by atoms with Gasteiger partial charge in [-0.25, -0.2) is 4.39 Å². The van der Waals surface area contributed by atoms with E-state index < -0.39 is 5.82 Å². The molecule has 0 aliphatic heterocycles. The molecule has 0 radical (unpaired) electrons. The quantitative estimate of drug-likeness (QED) is 0.401. The minimum atomic E-state index is -0.481. The van der Waals surface area contributed by atoms with Crippen LogP contribution in [0.25, 0.3) is 32.7 Å². The lowest BCUT2D eigenvalue weighted by Crippen LogP contribution is -1.87. The van der Waals surface area contributed by atoms with Gasteiger partial charge in [0.05, 0.1) is 5.56 Å². The van der Waals surface area contributed by atoms with Gasteiger partial charge in [-0.15, -0.1) is 0 Å². The fourth-order valence-electron chi connectivity index (χ4n) is 3.31. The number of nitriles is 1. The summed E-state index contributed by atoms with van der Waals surface area (Å²) < 4.78 is 13.9. The maximum absolute atomic E-state index is 13.9. The molecule has 2 heteroatoms. The van der Waals surface area contributed by atoms with Crippen LogP contribution in [-0.4, -0.2) is 0 Å². The third kappa shape index (κ3) is 2.64. The van der Waals surface area contributed by atoms with Crippen LogP contribution >= 0.6 is 0 Å². The average molecular weight is 325 g/mol. The molecule has 0 heterocycles. The van der Waals surface area contributed by atoms with Crippen LogP contribution in [0.1, 0.15) is 18.1 Å². The first-order chi connectivity index (χ1) is 12.2. The number of nitrogens with zero attached hydrogens (tertiary/aromatic N) is 1. The van der Waals surface area contributed by atoms with Gasteiger partial charge in [-0.1, -0.05) is 55.5 Å². The van der Waals surface area contributed by atoms with Crippen LogP contribution in [-0.2, 0) is 6.42 Å². The second-order valence-electron chi connectivity index (χ2n) is 6.22. The Kier molecular flexibility index (Phi) is 3.71. The first-order valence-electron chi connectivity index (χ1n) is 8.35. The summed E-state index contributed by atoms with van der Waals surface area (Å²) in [4.78, 5) is 0. The summed E-state index contributed by atoms with van der Waals surface area (Å²) in [5.41, 5.74) is 3.12. The first kappa shape index (κ1) is 15.4. The molecule has 4 aromatic rings. The van der Waals surface area contributed by atoms with Crippen LogP contribution in [0, 0.1) is 17.1 Å². The highest BCUT2D eigenvalue weighted by molar-refractivity contribution is 6.08. The summed E-state index contributed by atoms with van der Waals surface area (Å²) in [6.45, 7) is 2.16. The maximum Gasteiger partial charge on any atom is 0.141 e. The van der Waals surface area contributed by atoms with Crippen LogP contribution in [0.15, 0.2) is 66.7 Å². The van der Waals surface area contributed by atoms with Crippen molar-refractivity contribution in [2.45, 2.75) is 13.3 Å². The molecule has 4 aromatic carbocycles. The summed E-state index contributed by atoms with van der Waals surface area (Å²) in [5.74, 6) is -0.481. The predicted octanol–water partition coefficient (Wildman–Crippen LogP) is 6.23. The Morgan fingerprint density at radius 3 is 2.12 bits per heavy atom. The second-order valence-corrected chi connectivity index (χ2v) is 6.22. The second kappa shape index (κ2) is 6.03. The molecular weight excluding hydrogens is 309 g/mol. The van der Waals surface area contributed by atoms with Crippen LogP contribution in [0.4, 0.5) is 4.39 Å². The maximum atomic E-state index is 13.9. The van der Waals surface area contributed by atoms with E-state index in [9.17, 15) is 4.39 Å². The van der Waals surface area contributed by atoms with Crippen molar-refractivity contribution in [3.63, 3.8) is 0 Å². The van der Waals surface area contributed by atoms with E-state index in [0.29, 0.717) is 0 Å². The number of halogens is 1. The smallest absolute Gasteiger partial charge is 0.141 e. The molecule has 0 amide bonds. The normalized spacial score (nSPS) is 10.9. The van der Waals surface area contributed by atoms with Crippen LogP contribution in [0.2, 0.25) is 0 Å². The Labute approximate surface area is 146 Å². The van der Waals surface area contributed by atoms with E-state index in [0.717, 1.165) is 22.9 Å². The third-order valence-corrected chi connectivity index (χ3v) is 4.73. The Bertz CT molecular complexity index is 1150. The van der Waals surface area contributed by atoms with Crippen LogP contribution in [0.5, 0.6) is 0 Å². The van der Waals surface area contributed by atoms with Gasteiger partial charge in [0, 0.05) is 0 Å². The Balaban J connectivity index is 1.87. The van der Waals surface area contributed by atoms with Gasteiger partial charge in [-0.3, -0.25) is 0 Å². The lowest BCUT2D eigenvalue weighted by atomic mass is 9.96. The van der Waals surface area contributed by atoms with Crippen molar-refractivity contribution in [3.8, 4) is 17.2 Å². The van der Waals surface area contributed by atoms with E-state index in [4.69, 9.17) is 5.26 Å². The van der Waals surface area contributed by atoms with Crippen molar-refractivity contribution in [3.05, 3.63) is 83.7 Å². The lowest BCUT2D eigenvalue weighted by molar-refractivity contribution is 0.624. The number of fused-ring (bicyclic) bond motifs is 3. The third-order valence-electron chi connectivity index (χ3n) is 4.73. The van der Waals surface area contributed by atoms with E-state index in [2.05, 4.69) is 49.4 Å². The number of rotatable bonds is 2. The fraction of sp³-hybridized carbons (Fsp3) is 0.0870. The monoisotopic (exact) mass is 325 g/mol. The van der Waals surface area contributed by atoms with E-state index in [-0.39, 0.29) is 5.56 Å².